The third-order valence-electron chi connectivity index (χ3n) is 1.81. The molecule has 0 amide bonds. The second-order valence-corrected chi connectivity index (χ2v) is 2.57. The van der Waals surface area contributed by atoms with Crippen molar-refractivity contribution in [2.45, 2.75) is 6.23 Å². The van der Waals surface area contributed by atoms with Gasteiger partial charge in [0.25, 0.3) is 0 Å². The molecule has 0 aromatic rings. The summed E-state index contributed by atoms with van der Waals surface area (Å²) in [6.45, 7) is 2.88. The number of nitrogens with one attached hydrogen (secondary N) is 1. The third kappa shape index (κ3) is 3.49. The molecule has 1 aliphatic rings. The van der Waals surface area contributed by atoms with Crippen molar-refractivity contribution in [3.05, 3.63) is 0 Å². The SMILES string of the molecule is CNC1CN(CC=O)CCO1.Cl. The lowest BCUT2D eigenvalue weighted by Crippen LogP contribution is -2.48. The fourth-order valence-corrected chi connectivity index (χ4v) is 1.15. The Bertz CT molecular complexity index is 135. The number of ether oxygens (including phenoxy) is 1. The second-order valence-electron chi connectivity index (χ2n) is 2.57. The van der Waals surface area contributed by atoms with Crippen LogP contribution in [0.3, 0.4) is 0 Å². The minimum Gasteiger partial charge on any atom is -0.361 e. The first-order chi connectivity index (χ1) is 5.36. The number of carbonyl (C=O) groups excluding carboxylic acids is 1. The summed E-state index contributed by atoms with van der Waals surface area (Å²) in [5, 5.41) is 3.01. The van der Waals surface area contributed by atoms with Crippen molar-refractivity contribution in [3.8, 4) is 0 Å². The first-order valence-corrected chi connectivity index (χ1v) is 3.81. The van der Waals surface area contributed by atoms with E-state index in [1.807, 2.05) is 7.05 Å². The van der Waals surface area contributed by atoms with E-state index >= 15 is 0 Å². The van der Waals surface area contributed by atoms with E-state index in [0.717, 1.165) is 19.4 Å². The van der Waals surface area contributed by atoms with E-state index in [2.05, 4.69) is 10.2 Å². The minimum atomic E-state index is 0. The maximum Gasteiger partial charge on any atom is 0.133 e. The van der Waals surface area contributed by atoms with Crippen LogP contribution in [0.4, 0.5) is 0 Å². The predicted molar refractivity (Wildman–Crippen MR) is 48.6 cm³/mol. The van der Waals surface area contributed by atoms with Gasteiger partial charge in [0.05, 0.1) is 13.2 Å². The highest BCUT2D eigenvalue weighted by atomic mass is 35.5. The van der Waals surface area contributed by atoms with Crippen molar-refractivity contribution in [3.63, 3.8) is 0 Å². The molecule has 1 unspecified atom stereocenters. The molecule has 1 N–H and O–H groups in total. The molecule has 1 rings (SSSR count). The lowest BCUT2D eigenvalue weighted by molar-refractivity contribution is -0.111. The quantitative estimate of drug-likeness (QED) is 0.615. The Labute approximate surface area is 78.7 Å². The number of aldehydes is 1. The summed E-state index contributed by atoms with van der Waals surface area (Å²) in [6, 6.07) is 0. The highest BCUT2D eigenvalue weighted by Gasteiger charge is 2.17. The van der Waals surface area contributed by atoms with Gasteiger partial charge in [0.1, 0.15) is 12.5 Å². The van der Waals surface area contributed by atoms with Gasteiger partial charge in [0.15, 0.2) is 0 Å². The van der Waals surface area contributed by atoms with Crippen molar-refractivity contribution in [2.24, 2.45) is 0 Å². The van der Waals surface area contributed by atoms with E-state index in [4.69, 9.17) is 4.74 Å². The van der Waals surface area contributed by atoms with Crippen molar-refractivity contribution >= 4 is 18.7 Å². The molecule has 4 nitrogen and oxygen atoms in total. The number of hydrogen-bond acceptors (Lipinski definition) is 4. The standard InChI is InChI=1S/C7H14N2O2.ClH/c1-8-7-6-9(2-4-10)3-5-11-7;/h4,7-8H,2-3,5-6H2,1H3;1H. The highest BCUT2D eigenvalue weighted by molar-refractivity contribution is 5.85. The van der Waals surface area contributed by atoms with Crippen molar-refractivity contribution < 1.29 is 9.53 Å². The molecule has 0 aliphatic carbocycles. The van der Waals surface area contributed by atoms with Crippen molar-refractivity contribution in [2.75, 3.05) is 33.3 Å². The lowest BCUT2D eigenvalue weighted by atomic mass is 10.4. The summed E-state index contributed by atoms with van der Waals surface area (Å²) < 4.78 is 5.33. The molecular weight excluding hydrogens is 180 g/mol. The van der Waals surface area contributed by atoms with Gasteiger partial charge in [-0.3, -0.25) is 10.2 Å². The summed E-state index contributed by atoms with van der Waals surface area (Å²) in [5.74, 6) is 0. The molecule has 12 heavy (non-hydrogen) atoms. The number of carbonyl (C=O) groups is 1. The third-order valence-corrected chi connectivity index (χ3v) is 1.81. The summed E-state index contributed by atoms with van der Waals surface area (Å²) in [6.07, 6.45) is 1.02. The molecule has 1 heterocycles. The Morgan fingerprint density at radius 2 is 2.50 bits per heavy atom. The van der Waals surface area contributed by atoms with Gasteiger partial charge in [0, 0.05) is 13.1 Å². The first kappa shape index (κ1) is 11.8. The van der Waals surface area contributed by atoms with Crippen LogP contribution in [-0.4, -0.2) is 50.7 Å². The molecule has 0 spiro atoms. The van der Waals surface area contributed by atoms with E-state index in [0.29, 0.717) is 13.2 Å². The molecule has 1 fully saturated rings. The zero-order valence-electron chi connectivity index (χ0n) is 7.16. The number of rotatable bonds is 3. The molecule has 5 heteroatoms. The lowest BCUT2D eigenvalue weighted by Gasteiger charge is -2.31. The molecule has 72 valence electrons. The first-order valence-electron chi connectivity index (χ1n) is 3.81. The number of nitrogens with zero attached hydrogens (tertiary/aromatic N) is 1. The smallest absolute Gasteiger partial charge is 0.133 e. The molecular formula is C7H15ClN2O2. The molecule has 0 saturated carbocycles. The van der Waals surface area contributed by atoms with Gasteiger partial charge in [-0.05, 0) is 7.05 Å². The summed E-state index contributed by atoms with van der Waals surface area (Å²) in [4.78, 5) is 12.2. The molecule has 0 aromatic heterocycles. The second kappa shape index (κ2) is 6.37. The minimum absolute atomic E-state index is 0. The number of halogens is 1. The summed E-state index contributed by atoms with van der Waals surface area (Å²) in [5.41, 5.74) is 0. The van der Waals surface area contributed by atoms with Crippen LogP contribution < -0.4 is 5.32 Å². The highest BCUT2D eigenvalue weighted by Crippen LogP contribution is 2.00. The van der Waals surface area contributed by atoms with Crippen LogP contribution in [0.5, 0.6) is 0 Å². The van der Waals surface area contributed by atoms with Crippen LogP contribution in [0, 0.1) is 0 Å². The van der Waals surface area contributed by atoms with Crippen molar-refractivity contribution in [1.82, 2.24) is 10.2 Å². The summed E-state index contributed by atoms with van der Waals surface area (Å²) >= 11 is 0. The number of hydrogen-bond donors (Lipinski definition) is 1. The van der Waals surface area contributed by atoms with Gasteiger partial charge >= 0.3 is 0 Å². The molecule has 1 saturated heterocycles. The van der Waals surface area contributed by atoms with E-state index in [1.54, 1.807) is 0 Å². The van der Waals surface area contributed by atoms with E-state index in [1.165, 1.54) is 0 Å². The van der Waals surface area contributed by atoms with Crippen LogP contribution in [0.2, 0.25) is 0 Å². The van der Waals surface area contributed by atoms with Crippen molar-refractivity contribution in [1.29, 1.82) is 0 Å². The summed E-state index contributed by atoms with van der Waals surface area (Å²) in [7, 11) is 1.86. The van der Waals surface area contributed by atoms with E-state index in [9.17, 15) is 4.79 Å². The molecule has 0 aromatic carbocycles. The zero-order chi connectivity index (χ0) is 8.10. The van der Waals surface area contributed by atoms with Crippen LogP contribution in [0.15, 0.2) is 0 Å². The maximum atomic E-state index is 10.2. The monoisotopic (exact) mass is 194 g/mol. The Morgan fingerprint density at radius 1 is 1.75 bits per heavy atom. The van der Waals surface area contributed by atoms with Crippen LogP contribution in [0.25, 0.3) is 0 Å². The Hall–Kier alpha value is -0.160. The Morgan fingerprint density at radius 3 is 3.08 bits per heavy atom. The maximum absolute atomic E-state index is 10.2. The predicted octanol–water partition coefficient (Wildman–Crippen LogP) is -0.515. The van der Waals surface area contributed by atoms with Gasteiger partial charge in [-0.25, -0.2) is 0 Å². The Balaban J connectivity index is 0.00000121. The zero-order valence-corrected chi connectivity index (χ0v) is 7.97. The molecule has 0 radical (unpaired) electrons. The van der Waals surface area contributed by atoms with E-state index < -0.39 is 0 Å². The van der Waals surface area contributed by atoms with E-state index in [-0.39, 0.29) is 18.6 Å². The topological polar surface area (TPSA) is 41.6 Å². The normalized spacial score (nSPS) is 24.6. The number of likely N-dealkylation sites (N-methyl/N-ethyl adjacent to an activating group) is 1. The average Bonchev–Trinajstić information content (AvgIpc) is 2.06. The molecule has 0 bridgehead atoms. The largest absolute Gasteiger partial charge is 0.361 e. The molecule has 1 atom stereocenters. The van der Waals surface area contributed by atoms with Gasteiger partial charge in [-0.2, -0.15) is 0 Å². The fourth-order valence-electron chi connectivity index (χ4n) is 1.15. The van der Waals surface area contributed by atoms with Gasteiger partial charge in [-0.15, -0.1) is 12.4 Å². The van der Waals surface area contributed by atoms with Crippen LogP contribution in [-0.2, 0) is 9.53 Å². The van der Waals surface area contributed by atoms with Gasteiger partial charge in [-0.1, -0.05) is 0 Å². The van der Waals surface area contributed by atoms with Gasteiger partial charge < -0.3 is 9.53 Å². The number of morpholine rings is 1. The average molecular weight is 195 g/mol. The fraction of sp³-hybridized carbons (Fsp3) is 0.857. The Kier molecular flexibility index (Phi) is 6.28. The van der Waals surface area contributed by atoms with Crippen LogP contribution >= 0.6 is 12.4 Å². The van der Waals surface area contributed by atoms with Crippen LogP contribution in [0.1, 0.15) is 0 Å². The molecule has 1 aliphatic heterocycles. The van der Waals surface area contributed by atoms with Gasteiger partial charge in [0.2, 0.25) is 0 Å².